The minimum atomic E-state index is -0.0133. The maximum Gasteiger partial charge on any atom is 0.261 e. The van der Waals surface area contributed by atoms with Crippen molar-refractivity contribution >= 4 is 17.2 Å². The molecule has 0 aliphatic carbocycles. The van der Waals surface area contributed by atoms with Crippen molar-refractivity contribution < 1.29 is 9.21 Å². The molecule has 0 aromatic carbocycles. The van der Waals surface area contributed by atoms with Gasteiger partial charge >= 0.3 is 0 Å². The zero-order valence-corrected chi connectivity index (χ0v) is 11.0. The highest BCUT2D eigenvalue weighted by Crippen LogP contribution is 2.07. The van der Waals surface area contributed by atoms with Crippen molar-refractivity contribution in [3.8, 4) is 0 Å². The molecule has 2 rings (SSSR count). The van der Waals surface area contributed by atoms with Gasteiger partial charge in [0, 0.05) is 13.1 Å². The van der Waals surface area contributed by atoms with Crippen molar-refractivity contribution in [3.05, 3.63) is 46.0 Å². The summed E-state index contributed by atoms with van der Waals surface area (Å²) in [6.45, 7) is 3.93. The SMILES string of the molecule is Cc1ccc(CNCCNC(=O)c2cccs2)o1. The van der Waals surface area contributed by atoms with Gasteiger partial charge in [-0.1, -0.05) is 6.07 Å². The molecule has 18 heavy (non-hydrogen) atoms. The summed E-state index contributed by atoms with van der Waals surface area (Å²) in [6, 6.07) is 7.58. The van der Waals surface area contributed by atoms with E-state index in [0.29, 0.717) is 13.1 Å². The molecule has 2 heterocycles. The Balaban J connectivity index is 1.60. The first kappa shape index (κ1) is 12.9. The van der Waals surface area contributed by atoms with Crippen LogP contribution in [0.1, 0.15) is 21.2 Å². The van der Waals surface area contributed by atoms with E-state index in [2.05, 4.69) is 10.6 Å². The van der Waals surface area contributed by atoms with Gasteiger partial charge < -0.3 is 15.1 Å². The third-order valence-electron chi connectivity index (χ3n) is 2.43. The Kier molecular flexibility index (Phi) is 4.55. The molecule has 0 aliphatic heterocycles. The first-order chi connectivity index (χ1) is 8.75. The molecule has 0 saturated carbocycles. The standard InChI is InChI=1S/C13H16N2O2S/c1-10-4-5-11(17-10)9-14-6-7-15-13(16)12-3-2-8-18-12/h2-5,8,14H,6-7,9H2,1H3,(H,15,16). The predicted molar refractivity (Wildman–Crippen MR) is 71.8 cm³/mol. The minimum absolute atomic E-state index is 0.0133. The molecular formula is C13H16N2O2S. The second-order valence-electron chi connectivity index (χ2n) is 3.92. The van der Waals surface area contributed by atoms with E-state index < -0.39 is 0 Å². The molecule has 2 aromatic rings. The normalized spacial score (nSPS) is 10.5. The first-order valence-electron chi connectivity index (χ1n) is 5.83. The highest BCUT2D eigenvalue weighted by molar-refractivity contribution is 7.12. The van der Waals surface area contributed by atoms with Gasteiger partial charge in [-0.15, -0.1) is 11.3 Å². The van der Waals surface area contributed by atoms with Gasteiger partial charge in [-0.3, -0.25) is 4.79 Å². The van der Waals surface area contributed by atoms with Crippen molar-refractivity contribution in [2.75, 3.05) is 13.1 Å². The van der Waals surface area contributed by atoms with Gasteiger partial charge in [0.2, 0.25) is 0 Å². The smallest absolute Gasteiger partial charge is 0.261 e. The Hall–Kier alpha value is -1.59. The summed E-state index contributed by atoms with van der Waals surface area (Å²) < 4.78 is 5.42. The average molecular weight is 264 g/mol. The number of hydrogen-bond donors (Lipinski definition) is 2. The third-order valence-corrected chi connectivity index (χ3v) is 3.30. The van der Waals surface area contributed by atoms with Crippen LogP contribution in [0.4, 0.5) is 0 Å². The fourth-order valence-corrected chi connectivity index (χ4v) is 2.19. The molecule has 2 aromatic heterocycles. The zero-order chi connectivity index (χ0) is 12.8. The molecule has 0 radical (unpaired) electrons. The summed E-state index contributed by atoms with van der Waals surface area (Å²) in [5.41, 5.74) is 0. The van der Waals surface area contributed by atoms with Gasteiger partial charge in [-0.05, 0) is 30.5 Å². The molecule has 0 saturated heterocycles. The molecule has 2 N–H and O–H groups in total. The summed E-state index contributed by atoms with van der Waals surface area (Å²) in [6.07, 6.45) is 0. The third kappa shape index (κ3) is 3.72. The number of nitrogens with one attached hydrogen (secondary N) is 2. The molecule has 96 valence electrons. The monoisotopic (exact) mass is 264 g/mol. The average Bonchev–Trinajstić information content (AvgIpc) is 2.99. The number of thiophene rings is 1. The lowest BCUT2D eigenvalue weighted by Crippen LogP contribution is -2.31. The predicted octanol–water partition coefficient (Wildman–Crippen LogP) is 2.17. The topological polar surface area (TPSA) is 54.3 Å². The van der Waals surface area contributed by atoms with Crippen molar-refractivity contribution in [1.29, 1.82) is 0 Å². The quantitative estimate of drug-likeness (QED) is 0.786. The second kappa shape index (κ2) is 6.37. The van der Waals surface area contributed by atoms with Crippen LogP contribution < -0.4 is 10.6 Å². The van der Waals surface area contributed by atoms with E-state index in [4.69, 9.17) is 4.42 Å². The van der Waals surface area contributed by atoms with Gasteiger partial charge in [0.05, 0.1) is 11.4 Å². The van der Waals surface area contributed by atoms with E-state index >= 15 is 0 Å². The van der Waals surface area contributed by atoms with Gasteiger partial charge in [0.25, 0.3) is 5.91 Å². The molecule has 1 amide bonds. The Bertz CT molecular complexity index is 491. The molecule has 5 heteroatoms. The van der Waals surface area contributed by atoms with Gasteiger partial charge in [0.1, 0.15) is 11.5 Å². The second-order valence-corrected chi connectivity index (χ2v) is 4.87. The summed E-state index contributed by atoms with van der Waals surface area (Å²) in [5.74, 6) is 1.82. The molecule has 0 aliphatic rings. The van der Waals surface area contributed by atoms with Gasteiger partial charge in [0.15, 0.2) is 0 Å². The highest BCUT2D eigenvalue weighted by atomic mass is 32.1. The summed E-state index contributed by atoms with van der Waals surface area (Å²) >= 11 is 1.45. The van der Waals surface area contributed by atoms with Gasteiger partial charge in [-0.25, -0.2) is 0 Å². The Morgan fingerprint density at radius 2 is 2.22 bits per heavy atom. The first-order valence-corrected chi connectivity index (χ1v) is 6.71. The Morgan fingerprint density at radius 1 is 1.33 bits per heavy atom. The van der Waals surface area contributed by atoms with Crippen molar-refractivity contribution in [1.82, 2.24) is 10.6 Å². The maximum atomic E-state index is 11.6. The molecule has 0 spiro atoms. The number of carbonyl (C=O) groups excluding carboxylic acids is 1. The molecule has 0 unspecified atom stereocenters. The van der Waals surface area contributed by atoms with E-state index in [1.807, 2.05) is 36.6 Å². The zero-order valence-electron chi connectivity index (χ0n) is 10.2. The fraction of sp³-hybridized carbons (Fsp3) is 0.308. The van der Waals surface area contributed by atoms with Crippen molar-refractivity contribution in [2.45, 2.75) is 13.5 Å². The Morgan fingerprint density at radius 3 is 2.89 bits per heavy atom. The lowest BCUT2D eigenvalue weighted by molar-refractivity contribution is 0.0958. The van der Waals surface area contributed by atoms with Gasteiger partial charge in [-0.2, -0.15) is 0 Å². The number of rotatable bonds is 6. The van der Waals surface area contributed by atoms with Crippen LogP contribution in [0.5, 0.6) is 0 Å². The van der Waals surface area contributed by atoms with Crippen LogP contribution in [0, 0.1) is 6.92 Å². The number of aryl methyl sites for hydroxylation is 1. The van der Waals surface area contributed by atoms with Crippen LogP contribution in [0.2, 0.25) is 0 Å². The molecular weight excluding hydrogens is 248 g/mol. The maximum absolute atomic E-state index is 11.6. The number of furan rings is 1. The largest absolute Gasteiger partial charge is 0.465 e. The van der Waals surface area contributed by atoms with Crippen LogP contribution in [-0.4, -0.2) is 19.0 Å². The van der Waals surface area contributed by atoms with Crippen LogP contribution >= 0.6 is 11.3 Å². The summed E-state index contributed by atoms with van der Waals surface area (Å²) in [5, 5.41) is 7.96. The molecule has 0 atom stereocenters. The summed E-state index contributed by atoms with van der Waals surface area (Å²) in [7, 11) is 0. The van der Waals surface area contributed by atoms with Crippen LogP contribution in [0.3, 0.4) is 0 Å². The highest BCUT2D eigenvalue weighted by Gasteiger charge is 2.04. The van der Waals surface area contributed by atoms with Crippen LogP contribution in [0.25, 0.3) is 0 Å². The minimum Gasteiger partial charge on any atom is -0.465 e. The van der Waals surface area contributed by atoms with E-state index in [1.54, 1.807) is 0 Å². The van der Waals surface area contributed by atoms with E-state index in [0.717, 1.165) is 22.9 Å². The molecule has 0 bridgehead atoms. The number of amides is 1. The lowest BCUT2D eigenvalue weighted by atomic mass is 10.4. The van der Waals surface area contributed by atoms with Crippen molar-refractivity contribution in [3.63, 3.8) is 0 Å². The molecule has 0 fully saturated rings. The van der Waals surface area contributed by atoms with E-state index in [-0.39, 0.29) is 5.91 Å². The Labute approximate surface area is 110 Å². The van der Waals surface area contributed by atoms with E-state index in [1.165, 1.54) is 11.3 Å². The lowest BCUT2D eigenvalue weighted by Gasteiger charge is -2.04. The van der Waals surface area contributed by atoms with E-state index in [9.17, 15) is 4.79 Å². The van der Waals surface area contributed by atoms with Crippen molar-refractivity contribution in [2.24, 2.45) is 0 Å². The van der Waals surface area contributed by atoms with Crippen LogP contribution in [0.15, 0.2) is 34.1 Å². The summed E-state index contributed by atoms with van der Waals surface area (Å²) in [4.78, 5) is 12.3. The number of hydrogen-bond acceptors (Lipinski definition) is 4. The van der Waals surface area contributed by atoms with Crippen LogP contribution in [-0.2, 0) is 6.54 Å². The number of carbonyl (C=O) groups is 1. The molecule has 4 nitrogen and oxygen atoms in total. The fourth-order valence-electron chi connectivity index (χ4n) is 1.55.